The van der Waals surface area contributed by atoms with Crippen LogP contribution in [-0.4, -0.2) is 0 Å². The molecule has 0 aliphatic heterocycles. The lowest BCUT2D eigenvalue weighted by Gasteiger charge is -2.03. The van der Waals surface area contributed by atoms with Crippen molar-refractivity contribution in [2.45, 2.75) is 6.92 Å². The zero-order valence-corrected chi connectivity index (χ0v) is 10.5. The molecule has 92 valence electrons. The molecule has 0 bridgehead atoms. The van der Waals surface area contributed by atoms with E-state index in [-0.39, 0.29) is 0 Å². The molecule has 0 saturated carbocycles. The van der Waals surface area contributed by atoms with Gasteiger partial charge in [-0.3, -0.25) is 0 Å². The Morgan fingerprint density at radius 2 is 1.67 bits per heavy atom. The predicted molar refractivity (Wildman–Crippen MR) is 71.4 cm³/mol. The van der Waals surface area contributed by atoms with E-state index in [0.717, 1.165) is 17.2 Å². The molecule has 0 aliphatic carbocycles. The Bertz CT molecular complexity index is 586. The summed E-state index contributed by atoms with van der Waals surface area (Å²) in [4.78, 5) is 0. The predicted octanol–water partition coefficient (Wildman–Crippen LogP) is 5.18. The van der Waals surface area contributed by atoms with Crippen LogP contribution in [0.4, 0.5) is 8.78 Å². The van der Waals surface area contributed by atoms with E-state index in [1.807, 2.05) is 25.1 Å². The molecule has 0 fully saturated rings. The second-order valence-corrected chi connectivity index (χ2v) is 4.44. The highest BCUT2D eigenvalue weighted by Gasteiger charge is 2.03. The number of hydrogen-bond donors (Lipinski definition) is 0. The fourth-order valence-electron chi connectivity index (χ4n) is 1.63. The minimum atomic E-state index is -0.837. The Balaban J connectivity index is 2.32. The van der Waals surface area contributed by atoms with Crippen molar-refractivity contribution >= 4 is 23.3 Å². The lowest BCUT2D eigenvalue weighted by atomic mass is 10.0. The molecule has 0 unspecified atom stereocenters. The van der Waals surface area contributed by atoms with Crippen LogP contribution in [0.25, 0.3) is 11.6 Å². The number of hydrogen-bond acceptors (Lipinski definition) is 0. The summed E-state index contributed by atoms with van der Waals surface area (Å²) in [5.41, 5.74) is 2.47. The monoisotopic (exact) mass is 264 g/mol. The van der Waals surface area contributed by atoms with Crippen molar-refractivity contribution in [1.29, 1.82) is 0 Å². The first-order valence-corrected chi connectivity index (χ1v) is 5.83. The Morgan fingerprint density at radius 3 is 2.28 bits per heavy atom. The molecule has 0 radical (unpaired) electrons. The van der Waals surface area contributed by atoms with Gasteiger partial charge in [0.05, 0.1) is 0 Å². The number of allylic oxidation sites excluding steroid dienone is 1. The van der Waals surface area contributed by atoms with Crippen molar-refractivity contribution < 1.29 is 8.78 Å². The second kappa shape index (κ2) is 5.32. The molecule has 0 spiro atoms. The van der Waals surface area contributed by atoms with E-state index in [1.165, 1.54) is 6.07 Å². The average molecular weight is 265 g/mol. The van der Waals surface area contributed by atoms with Gasteiger partial charge < -0.3 is 0 Å². The van der Waals surface area contributed by atoms with Crippen LogP contribution < -0.4 is 0 Å². The third-order valence-electron chi connectivity index (χ3n) is 2.63. The largest absolute Gasteiger partial charge is 0.204 e. The van der Waals surface area contributed by atoms with Crippen LogP contribution in [-0.2, 0) is 0 Å². The van der Waals surface area contributed by atoms with Gasteiger partial charge in [-0.1, -0.05) is 35.9 Å². The highest BCUT2D eigenvalue weighted by molar-refractivity contribution is 6.30. The second-order valence-electron chi connectivity index (χ2n) is 4.01. The van der Waals surface area contributed by atoms with E-state index in [4.69, 9.17) is 11.6 Å². The summed E-state index contributed by atoms with van der Waals surface area (Å²) in [6.07, 6.45) is 1.89. The molecule has 0 aliphatic rings. The Morgan fingerprint density at radius 1 is 1.00 bits per heavy atom. The maximum Gasteiger partial charge on any atom is 0.159 e. The number of halogens is 3. The van der Waals surface area contributed by atoms with E-state index in [0.29, 0.717) is 10.6 Å². The lowest BCUT2D eigenvalue weighted by molar-refractivity contribution is 0.508. The van der Waals surface area contributed by atoms with Gasteiger partial charge in [0, 0.05) is 5.02 Å². The molecule has 3 heteroatoms. The summed E-state index contributed by atoms with van der Waals surface area (Å²) < 4.78 is 25.9. The third-order valence-corrected chi connectivity index (χ3v) is 2.88. The summed E-state index contributed by atoms with van der Waals surface area (Å²) in [5.74, 6) is -1.67. The molecule has 0 heterocycles. The SMILES string of the molecule is CC(=Cc1ccc(Cl)cc1)c1ccc(F)c(F)c1. The van der Waals surface area contributed by atoms with Crippen molar-refractivity contribution in [1.82, 2.24) is 0 Å². The molecule has 2 aromatic carbocycles. The zero-order chi connectivity index (χ0) is 13.1. The van der Waals surface area contributed by atoms with Crippen molar-refractivity contribution in [3.8, 4) is 0 Å². The van der Waals surface area contributed by atoms with E-state index in [9.17, 15) is 8.78 Å². The molecule has 0 amide bonds. The zero-order valence-electron chi connectivity index (χ0n) is 9.75. The third kappa shape index (κ3) is 2.96. The Kier molecular flexibility index (Phi) is 3.78. The van der Waals surface area contributed by atoms with Crippen molar-refractivity contribution in [3.63, 3.8) is 0 Å². The van der Waals surface area contributed by atoms with Gasteiger partial charge >= 0.3 is 0 Å². The fourth-order valence-corrected chi connectivity index (χ4v) is 1.76. The van der Waals surface area contributed by atoms with E-state index >= 15 is 0 Å². The first-order valence-electron chi connectivity index (χ1n) is 5.45. The Hall–Kier alpha value is -1.67. The summed E-state index contributed by atoms with van der Waals surface area (Å²) in [7, 11) is 0. The summed E-state index contributed by atoms with van der Waals surface area (Å²) in [6, 6.07) is 11.2. The molecule has 18 heavy (non-hydrogen) atoms. The Labute approximate surface area is 110 Å². The van der Waals surface area contributed by atoms with Gasteiger partial charge in [0.2, 0.25) is 0 Å². The summed E-state index contributed by atoms with van der Waals surface area (Å²) >= 11 is 5.79. The minimum absolute atomic E-state index is 0.656. The smallest absolute Gasteiger partial charge is 0.159 e. The summed E-state index contributed by atoms with van der Waals surface area (Å²) in [6.45, 7) is 1.85. The van der Waals surface area contributed by atoms with Crippen LogP contribution in [0.15, 0.2) is 42.5 Å². The first kappa shape index (κ1) is 12.8. The van der Waals surface area contributed by atoms with E-state index in [1.54, 1.807) is 18.2 Å². The van der Waals surface area contributed by atoms with Gasteiger partial charge in [-0.05, 0) is 47.9 Å². The standard InChI is InChI=1S/C15H11ClF2/c1-10(8-11-2-5-13(16)6-3-11)12-4-7-14(17)15(18)9-12/h2-9H,1H3. The van der Waals surface area contributed by atoms with Crippen LogP contribution in [0.3, 0.4) is 0 Å². The van der Waals surface area contributed by atoms with E-state index < -0.39 is 11.6 Å². The average Bonchev–Trinajstić information content (AvgIpc) is 2.35. The molecule has 0 atom stereocenters. The van der Waals surface area contributed by atoms with Gasteiger partial charge in [-0.25, -0.2) is 8.78 Å². The molecular weight excluding hydrogens is 254 g/mol. The van der Waals surface area contributed by atoms with Gasteiger partial charge in [0.25, 0.3) is 0 Å². The summed E-state index contributed by atoms with van der Waals surface area (Å²) in [5, 5.41) is 0.664. The topological polar surface area (TPSA) is 0 Å². The minimum Gasteiger partial charge on any atom is -0.204 e. The first-order chi connectivity index (χ1) is 8.56. The molecule has 0 aromatic heterocycles. The van der Waals surface area contributed by atoms with Crippen molar-refractivity contribution in [2.24, 2.45) is 0 Å². The highest BCUT2D eigenvalue weighted by atomic mass is 35.5. The normalized spacial score (nSPS) is 11.7. The van der Waals surface area contributed by atoms with Gasteiger partial charge in [-0.15, -0.1) is 0 Å². The molecule has 2 aromatic rings. The van der Waals surface area contributed by atoms with Crippen molar-refractivity contribution in [3.05, 3.63) is 70.2 Å². The molecule has 0 nitrogen and oxygen atoms in total. The van der Waals surface area contributed by atoms with Crippen LogP contribution in [0.5, 0.6) is 0 Å². The molecule has 2 rings (SSSR count). The number of rotatable bonds is 2. The molecular formula is C15H11ClF2. The maximum atomic E-state index is 13.1. The molecule has 0 saturated heterocycles. The van der Waals surface area contributed by atoms with Crippen molar-refractivity contribution in [2.75, 3.05) is 0 Å². The molecule has 0 N–H and O–H groups in total. The van der Waals surface area contributed by atoms with Crippen LogP contribution >= 0.6 is 11.6 Å². The van der Waals surface area contributed by atoms with Gasteiger partial charge in [-0.2, -0.15) is 0 Å². The highest BCUT2D eigenvalue weighted by Crippen LogP contribution is 2.20. The van der Waals surface area contributed by atoms with Crippen LogP contribution in [0.2, 0.25) is 5.02 Å². The maximum absolute atomic E-state index is 13.1. The van der Waals surface area contributed by atoms with Gasteiger partial charge in [0.1, 0.15) is 0 Å². The van der Waals surface area contributed by atoms with E-state index in [2.05, 4.69) is 0 Å². The van der Waals surface area contributed by atoms with Crippen LogP contribution in [0, 0.1) is 11.6 Å². The lowest BCUT2D eigenvalue weighted by Crippen LogP contribution is -1.87. The fraction of sp³-hybridized carbons (Fsp3) is 0.0667. The number of benzene rings is 2. The quantitative estimate of drug-likeness (QED) is 0.656. The van der Waals surface area contributed by atoms with Gasteiger partial charge in [0.15, 0.2) is 11.6 Å². The van der Waals surface area contributed by atoms with Crippen LogP contribution in [0.1, 0.15) is 18.1 Å².